The maximum absolute atomic E-state index is 12.1. The Hall–Kier alpha value is -0.890. The van der Waals surface area contributed by atoms with Crippen LogP contribution in [0.15, 0.2) is 38.3 Å². The summed E-state index contributed by atoms with van der Waals surface area (Å²) in [7, 11) is -1.83. The van der Waals surface area contributed by atoms with Gasteiger partial charge in [-0.1, -0.05) is 17.7 Å². The zero-order chi connectivity index (χ0) is 15.5. The second kappa shape index (κ2) is 6.91. The molecule has 0 amide bonds. The fourth-order valence-corrected chi connectivity index (χ4v) is 5.02. The molecule has 2 rings (SSSR count). The first-order valence-corrected chi connectivity index (χ1v) is 9.40. The van der Waals surface area contributed by atoms with E-state index in [1.54, 1.807) is 19.2 Å². The summed E-state index contributed by atoms with van der Waals surface area (Å²) >= 11 is 4.46. The lowest BCUT2D eigenvalue weighted by molar-refractivity contribution is 0.409. The number of thiophene rings is 1. The third kappa shape index (κ3) is 4.29. The number of benzene rings is 1. The average Bonchev–Trinajstić information content (AvgIpc) is 2.86. The van der Waals surface area contributed by atoms with E-state index in [4.69, 9.17) is 4.74 Å². The van der Waals surface area contributed by atoms with Gasteiger partial charge in [0.2, 0.25) is 10.0 Å². The third-order valence-corrected chi connectivity index (χ3v) is 6.51. The Balaban J connectivity index is 2.03. The van der Waals surface area contributed by atoms with Crippen LogP contribution in [0.1, 0.15) is 11.1 Å². The summed E-state index contributed by atoms with van der Waals surface area (Å²) in [5.74, 6) is 0.777. The van der Waals surface area contributed by atoms with Gasteiger partial charge in [-0.05, 0) is 53.0 Å². The standard InChI is InChI=1S/C14H16BrNO3S2/c1-10-3-4-12(19-2)11(9-10)7-8-16-21(17,18)14-6-5-13(15)20-14/h3-6,9,16H,7-8H2,1-2H3. The van der Waals surface area contributed by atoms with Crippen LogP contribution in [-0.4, -0.2) is 22.1 Å². The minimum atomic E-state index is -3.44. The predicted molar refractivity (Wildman–Crippen MR) is 88.6 cm³/mol. The van der Waals surface area contributed by atoms with E-state index in [1.165, 1.54) is 11.3 Å². The fraction of sp³-hybridized carbons (Fsp3) is 0.286. The van der Waals surface area contributed by atoms with E-state index in [2.05, 4.69) is 20.7 Å². The normalized spacial score (nSPS) is 11.6. The minimum absolute atomic E-state index is 0.311. The summed E-state index contributed by atoms with van der Waals surface area (Å²) in [6.45, 7) is 2.33. The van der Waals surface area contributed by atoms with E-state index >= 15 is 0 Å². The van der Waals surface area contributed by atoms with Crippen molar-refractivity contribution in [3.05, 3.63) is 45.2 Å². The molecule has 7 heteroatoms. The zero-order valence-electron chi connectivity index (χ0n) is 11.7. The summed E-state index contributed by atoms with van der Waals surface area (Å²) in [6.07, 6.45) is 0.580. The predicted octanol–water partition coefficient (Wildman–Crippen LogP) is 3.35. The van der Waals surface area contributed by atoms with Crippen LogP contribution >= 0.6 is 27.3 Å². The van der Waals surface area contributed by atoms with Crippen LogP contribution in [0.3, 0.4) is 0 Å². The van der Waals surface area contributed by atoms with Crippen LogP contribution < -0.4 is 9.46 Å². The van der Waals surface area contributed by atoms with Crippen molar-refractivity contribution in [1.29, 1.82) is 0 Å². The van der Waals surface area contributed by atoms with Gasteiger partial charge in [-0.25, -0.2) is 13.1 Å². The maximum atomic E-state index is 12.1. The summed E-state index contributed by atoms with van der Waals surface area (Å²) in [6, 6.07) is 9.19. The van der Waals surface area contributed by atoms with Gasteiger partial charge in [0, 0.05) is 6.54 Å². The van der Waals surface area contributed by atoms with Crippen LogP contribution in [0, 0.1) is 6.92 Å². The average molecular weight is 390 g/mol. The van der Waals surface area contributed by atoms with Crippen molar-refractivity contribution in [2.45, 2.75) is 17.6 Å². The number of sulfonamides is 1. The number of nitrogens with one attached hydrogen (secondary N) is 1. The highest BCUT2D eigenvalue weighted by Crippen LogP contribution is 2.26. The molecule has 0 saturated heterocycles. The van der Waals surface area contributed by atoms with Gasteiger partial charge in [-0.3, -0.25) is 0 Å². The van der Waals surface area contributed by atoms with Gasteiger partial charge in [-0.2, -0.15) is 0 Å². The molecule has 0 radical (unpaired) electrons. The molecule has 1 aromatic carbocycles. The van der Waals surface area contributed by atoms with Crippen molar-refractivity contribution >= 4 is 37.3 Å². The number of ether oxygens (including phenoxy) is 1. The molecular weight excluding hydrogens is 374 g/mol. The van der Waals surface area contributed by atoms with Crippen molar-refractivity contribution < 1.29 is 13.2 Å². The molecule has 0 saturated carbocycles. The number of rotatable bonds is 6. The van der Waals surface area contributed by atoms with Crippen molar-refractivity contribution in [2.24, 2.45) is 0 Å². The highest BCUT2D eigenvalue weighted by atomic mass is 79.9. The number of hydrogen-bond acceptors (Lipinski definition) is 4. The molecule has 1 N–H and O–H groups in total. The summed E-state index contributed by atoms with van der Waals surface area (Å²) in [5.41, 5.74) is 2.11. The van der Waals surface area contributed by atoms with Crippen molar-refractivity contribution in [2.75, 3.05) is 13.7 Å². The molecule has 21 heavy (non-hydrogen) atoms. The summed E-state index contributed by atoms with van der Waals surface area (Å²) < 4.78 is 33.2. The second-order valence-electron chi connectivity index (χ2n) is 4.52. The van der Waals surface area contributed by atoms with Crippen LogP contribution in [0.5, 0.6) is 5.75 Å². The molecule has 0 fully saturated rings. The molecule has 114 valence electrons. The molecule has 1 heterocycles. The van der Waals surface area contributed by atoms with Gasteiger partial charge in [-0.15, -0.1) is 11.3 Å². The minimum Gasteiger partial charge on any atom is -0.496 e. The van der Waals surface area contributed by atoms with Crippen molar-refractivity contribution in [3.8, 4) is 5.75 Å². The van der Waals surface area contributed by atoms with Crippen molar-refractivity contribution in [1.82, 2.24) is 4.72 Å². The van der Waals surface area contributed by atoms with Gasteiger partial charge in [0.25, 0.3) is 0 Å². The van der Waals surface area contributed by atoms with Gasteiger partial charge in [0.15, 0.2) is 0 Å². The van der Waals surface area contributed by atoms with E-state index in [-0.39, 0.29) is 0 Å². The van der Waals surface area contributed by atoms with E-state index < -0.39 is 10.0 Å². The largest absolute Gasteiger partial charge is 0.496 e. The molecule has 2 aromatic rings. The molecule has 1 aromatic heterocycles. The van der Waals surface area contributed by atoms with Crippen LogP contribution in [0.4, 0.5) is 0 Å². The number of halogens is 1. The Bertz CT molecular complexity index is 726. The highest BCUT2D eigenvalue weighted by molar-refractivity contribution is 9.11. The van der Waals surface area contributed by atoms with Gasteiger partial charge in [0.05, 0.1) is 10.9 Å². The Morgan fingerprint density at radius 2 is 2.05 bits per heavy atom. The Morgan fingerprint density at radius 1 is 1.29 bits per heavy atom. The molecule has 0 bridgehead atoms. The van der Waals surface area contributed by atoms with E-state index in [1.807, 2.05) is 25.1 Å². The van der Waals surface area contributed by atoms with E-state index in [0.29, 0.717) is 17.2 Å². The maximum Gasteiger partial charge on any atom is 0.250 e. The zero-order valence-corrected chi connectivity index (χ0v) is 14.9. The van der Waals surface area contributed by atoms with Gasteiger partial charge < -0.3 is 4.74 Å². The quantitative estimate of drug-likeness (QED) is 0.823. The lowest BCUT2D eigenvalue weighted by atomic mass is 10.1. The summed E-state index contributed by atoms with van der Waals surface area (Å²) in [4.78, 5) is 0. The summed E-state index contributed by atoms with van der Waals surface area (Å²) in [5, 5.41) is 0. The molecule has 0 aliphatic rings. The Labute approximate surface area is 137 Å². The van der Waals surface area contributed by atoms with Crippen molar-refractivity contribution in [3.63, 3.8) is 0 Å². The lowest BCUT2D eigenvalue weighted by Gasteiger charge is -2.10. The monoisotopic (exact) mass is 389 g/mol. The Kier molecular flexibility index (Phi) is 5.43. The number of hydrogen-bond donors (Lipinski definition) is 1. The molecular formula is C14H16BrNO3S2. The highest BCUT2D eigenvalue weighted by Gasteiger charge is 2.16. The van der Waals surface area contributed by atoms with E-state index in [9.17, 15) is 8.42 Å². The topological polar surface area (TPSA) is 55.4 Å². The van der Waals surface area contributed by atoms with Crippen LogP contribution in [-0.2, 0) is 16.4 Å². The molecule has 0 aliphatic carbocycles. The first-order chi connectivity index (χ1) is 9.92. The Morgan fingerprint density at radius 3 is 2.67 bits per heavy atom. The SMILES string of the molecule is COc1ccc(C)cc1CCNS(=O)(=O)c1ccc(Br)s1. The first-order valence-electron chi connectivity index (χ1n) is 6.31. The third-order valence-electron chi connectivity index (χ3n) is 2.94. The molecule has 0 unspecified atom stereocenters. The van der Waals surface area contributed by atoms with E-state index in [0.717, 1.165) is 20.7 Å². The number of aryl methyl sites for hydroxylation is 1. The fourth-order valence-electron chi connectivity index (χ4n) is 1.94. The molecule has 0 spiro atoms. The molecule has 4 nitrogen and oxygen atoms in total. The van der Waals surface area contributed by atoms with Crippen LogP contribution in [0.25, 0.3) is 0 Å². The molecule has 0 aliphatic heterocycles. The first kappa shape index (κ1) is 16.5. The molecule has 0 atom stereocenters. The second-order valence-corrected chi connectivity index (χ2v) is 8.98. The lowest BCUT2D eigenvalue weighted by Crippen LogP contribution is -2.25. The van der Waals surface area contributed by atoms with Gasteiger partial charge >= 0.3 is 0 Å². The number of methoxy groups -OCH3 is 1. The van der Waals surface area contributed by atoms with Gasteiger partial charge in [0.1, 0.15) is 9.96 Å². The van der Waals surface area contributed by atoms with Crippen LogP contribution in [0.2, 0.25) is 0 Å². The smallest absolute Gasteiger partial charge is 0.250 e.